The number of hydrogen-bond donors (Lipinski definition) is 2. The van der Waals surface area contributed by atoms with Crippen molar-refractivity contribution in [3.8, 4) is 0 Å². The molecule has 0 amide bonds. The van der Waals surface area contributed by atoms with Gasteiger partial charge in [0.1, 0.15) is 0 Å². The van der Waals surface area contributed by atoms with Crippen molar-refractivity contribution in [1.82, 2.24) is 5.32 Å². The van der Waals surface area contributed by atoms with E-state index in [1.54, 1.807) is 18.3 Å². The summed E-state index contributed by atoms with van der Waals surface area (Å²) in [7, 11) is 0. The predicted octanol–water partition coefficient (Wildman–Crippen LogP) is 3.28. The lowest BCUT2D eigenvalue weighted by atomic mass is 10.1. The summed E-state index contributed by atoms with van der Waals surface area (Å²) in [5.41, 5.74) is 0.911. The molecule has 1 rings (SSSR count). The van der Waals surface area contributed by atoms with Crippen LogP contribution in [0.3, 0.4) is 0 Å². The number of halogens is 3. The number of nitrogens with one attached hydrogen (secondary N) is 1. The van der Waals surface area contributed by atoms with Gasteiger partial charge in [0.15, 0.2) is 5.92 Å². The van der Waals surface area contributed by atoms with Gasteiger partial charge in [-0.05, 0) is 32.4 Å². The molecular formula is C12H16F3NO2S. The maximum absolute atomic E-state index is 12.5. The summed E-state index contributed by atoms with van der Waals surface area (Å²) in [6.07, 6.45) is -4.74. The fourth-order valence-electron chi connectivity index (χ4n) is 1.83. The first-order valence-corrected chi connectivity index (χ1v) is 6.54. The highest BCUT2D eigenvalue weighted by atomic mass is 32.1. The van der Waals surface area contributed by atoms with Crippen molar-refractivity contribution in [2.24, 2.45) is 5.92 Å². The van der Waals surface area contributed by atoms with E-state index in [1.807, 2.05) is 19.9 Å². The fraction of sp³-hybridized carbons (Fsp3) is 0.583. The van der Waals surface area contributed by atoms with Gasteiger partial charge in [-0.25, -0.2) is 0 Å². The number of carbonyl (C=O) groups is 1. The van der Waals surface area contributed by atoms with E-state index < -0.39 is 24.6 Å². The zero-order valence-electron chi connectivity index (χ0n) is 10.8. The lowest BCUT2D eigenvalue weighted by Crippen LogP contribution is -2.39. The van der Waals surface area contributed by atoms with Crippen molar-refractivity contribution in [3.05, 3.63) is 21.4 Å². The predicted molar refractivity (Wildman–Crippen MR) is 67.4 cm³/mol. The lowest BCUT2D eigenvalue weighted by molar-refractivity contribution is -0.192. The molecule has 108 valence electrons. The molecule has 2 N–H and O–H groups in total. The van der Waals surface area contributed by atoms with E-state index in [-0.39, 0.29) is 6.04 Å². The van der Waals surface area contributed by atoms with Gasteiger partial charge >= 0.3 is 12.1 Å². The molecule has 0 aromatic carbocycles. The molecule has 0 aliphatic carbocycles. The highest BCUT2D eigenvalue weighted by molar-refractivity contribution is 7.12. The molecular weight excluding hydrogens is 279 g/mol. The van der Waals surface area contributed by atoms with Gasteiger partial charge in [-0.15, -0.1) is 11.3 Å². The molecule has 19 heavy (non-hydrogen) atoms. The van der Waals surface area contributed by atoms with Crippen LogP contribution in [0.25, 0.3) is 0 Å². The zero-order valence-corrected chi connectivity index (χ0v) is 11.7. The monoisotopic (exact) mass is 295 g/mol. The number of alkyl halides is 3. The van der Waals surface area contributed by atoms with Gasteiger partial charge in [0.05, 0.1) is 0 Å². The SMILES string of the molecule is Cc1cc(C(C)NCC(C(=O)O)C(F)(F)F)c(C)s1. The number of thiophene rings is 1. The van der Waals surface area contributed by atoms with E-state index in [2.05, 4.69) is 5.32 Å². The van der Waals surface area contributed by atoms with Crippen LogP contribution >= 0.6 is 11.3 Å². The maximum atomic E-state index is 12.5. The Hall–Kier alpha value is -1.08. The molecule has 2 unspecified atom stereocenters. The summed E-state index contributed by atoms with van der Waals surface area (Å²) in [4.78, 5) is 12.7. The average Bonchev–Trinajstić information content (AvgIpc) is 2.55. The van der Waals surface area contributed by atoms with Crippen LogP contribution in [0.1, 0.15) is 28.3 Å². The van der Waals surface area contributed by atoms with E-state index in [0.717, 1.165) is 15.3 Å². The van der Waals surface area contributed by atoms with Crippen molar-refractivity contribution in [3.63, 3.8) is 0 Å². The Kier molecular flexibility index (Phi) is 4.98. The maximum Gasteiger partial charge on any atom is 0.403 e. The molecule has 0 radical (unpaired) electrons. The summed E-state index contributed by atoms with van der Waals surface area (Å²) in [5.74, 6) is -4.24. The van der Waals surface area contributed by atoms with E-state index in [1.165, 1.54) is 0 Å². The van der Waals surface area contributed by atoms with Crippen LogP contribution in [-0.2, 0) is 4.79 Å². The van der Waals surface area contributed by atoms with Crippen LogP contribution in [0.15, 0.2) is 6.07 Å². The summed E-state index contributed by atoms with van der Waals surface area (Å²) in [6, 6.07) is 1.59. The quantitative estimate of drug-likeness (QED) is 0.876. The van der Waals surface area contributed by atoms with Crippen molar-refractivity contribution in [2.75, 3.05) is 6.54 Å². The topological polar surface area (TPSA) is 49.3 Å². The second-order valence-corrected chi connectivity index (χ2v) is 5.89. The van der Waals surface area contributed by atoms with Gasteiger partial charge in [-0.2, -0.15) is 13.2 Å². The third-order valence-electron chi connectivity index (χ3n) is 2.87. The Bertz CT molecular complexity index is 456. The standard InChI is InChI=1S/C12H16F3NO2S/c1-6-4-9(8(3)19-6)7(2)16-5-10(11(17)18)12(13,14)15/h4,7,10,16H,5H2,1-3H3,(H,17,18). The summed E-state index contributed by atoms with van der Waals surface area (Å²) in [6.45, 7) is 4.91. The van der Waals surface area contributed by atoms with E-state index in [0.29, 0.717) is 0 Å². The van der Waals surface area contributed by atoms with Gasteiger partial charge in [0.2, 0.25) is 0 Å². The summed E-state index contributed by atoms with van der Waals surface area (Å²) >= 11 is 1.57. The number of aliphatic carboxylic acids is 1. The molecule has 0 saturated carbocycles. The Labute approximate surface area is 113 Å². The van der Waals surface area contributed by atoms with Crippen molar-refractivity contribution >= 4 is 17.3 Å². The molecule has 7 heteroatoms. The van der Waals surface area contributed by atoms with Gasteiger partial charge in [-0.1, -0.05) is 0 Å². The van der Waals surface area contributed by atoms with Crippen LogP contribution in [0.4, 0.5) is 13.2 Å². The molecule has 1 aromatic heterocycles. The number of hydrogen-bond acceptors (Lipinski definition) is 3. The number of carboxylic acids is 1. The molecule has 0 aliphatic heterocycles. The van der Waals surface area contributed by atoms with Crippen LogP contribution in [0.2, 0.25) is 0 Å². The van der Waals surface area contributed by atoms with Crippen molar-refractivity contribution < 1.29 is 23.1 Å². The van der Waals surface area contributed by atoms with Gasteiger partial charge < -0.3 is 10.4 Å². The number of aryl methyl sites for hydroxylation is 2. The largest absolute Gasteiger partial charge is 0.481 e. The Morgan fingerprint density at radius 3 is 2.42 bits per heavy atom. The molecule has 0 aliphatic rings. The Balaban J connectivity index is 2.70. The van der Waals surface area contributed by atoms with Gasteiger partial charge in [-0.3, -0.25) is 4.79 Å². The molecule has 0 spiro atoms. The van der Waals surface area contributed by atoms with E-state index in [9.17, 15) is 18.0 Å². The smallest absolute Gasteiger partial charge is 0.403 e. The van der Waals surface area contributed by atoms with Crippen molar-refractivity contribution in [2.45, 2.75) is 33.0 Å². The van der Waals surface area contributed by atoms with Crippen LogP contribution in [-0.4, -0.2) is 23.8 Å². The van der Waals surface area contributed by atoms with Crippen LogP contribution in [0, 0.1) is 19.8 Å². The van der Waals surface area contributed by atoms with Gasteiger partial charge in [0.25, 0.3) is 0 Å². The first kappa shape index (κ1) is 16.0. The number of carboxylic acid groups (broad SMARTS) is 1. The first-order valence-electron chi connectivity index (χ1n) is 5.72. The minimum Gasteiger partial charge on any atom is -0.481 e. The Morgan fingerprint density at radius 2 is 2.05 bits per heavy atom. The van der Waals surface area contributed by atoms with Crippen LogP contribution < -0.4 is 5.32 Å². The summed E-state index contributed by atoms with van der Waals surface area (Å²) < 4.78 is 37.5. The normalized spacial score (nSPS) is 15.3. The molecule has 1 heterocycles. The lowest BCUT2D eigenvalue weighted by Gasteiger charge is -2.20. The molecule has 0 saturated heterocycles. The third kappa shape index (κ3) is 4.21. The van der Waals surface area contributed by atoms with Crippen LogP contribution in [0.5, 0.6) is 0 Å². The minimum atomic E-state index is -4.74. The second kappa shape index (κ2) is 5.92. The highest BCUT2D eigenvalue weighted by Gasteiger charge is 2.44. The van der Waals surface area contributed by atoms with E-state index >= 15 is 0 Å². The Morgan fingerprint density at radius 1 is 1.47 bits per heavy atom. The molecule has 1 aromatic rings. The number of rotatable bonds is 5. The average molecular weight is 295 g/mol. The van der Waals surface area contributed by atoms with Crippen molar-refractivity contribution in [1.29, 1.82) is 0 Å². The fourth-order valence-corrected chi connectivity index (χ4v) is 2.85. The van der Waals surface area contributed by atoms with E-state index in [4.69, 9.17) is 5.11 Å². The summed E-state index contributed by atoms with van der Waals surface area (Å²) in [5, 5.41) is 11.2. The third-order valence-corrected chi connectivity index (χ3v) is 3.85. The minimum absolute atomic E-state index is 0.311. The van der Waals surface area contributed by atoms with Gasteiger partial charge in [0, 0.05) is 22.3 Å². The highest BCUT2D eigenvalue weighted by Crippen LogP contribution is 2.29. The molecule has 2 atom stereocenters. The first-order chi connectivity index (χ1) is 8.62. The zero-order chi connectivity index (χ0) is 14.8. The molecule has 0 bridgehead atoms. The molecule has 0 fully saturated rings. The second-order valence-electron chi connectivity index (χ2n) is 4.43. The molecule has 3 nitrogen and oxygen atoms in total.